The second-order valence-corrected chi connectivity index (χ2v) is 5.02. The molecular formula is C18H22O4. The topological polar surface area (TPSA) is 47.9 Å². The van der Waals surface area contributed by atoms with E-state index < -0.39 is 0 Å². The summed E-state index contributed by atoms with van der Waals surface area (Å²) in [5.74, 6) is 0.773. The Hall–Kier alpha value is -2.04. The van der Waals surface area contributed by atoms with Gasteiger partial charge in [0.05, 0.1) is 7.11 Å². The van der Waals surface area contributed by atoms with Crippen molar-refractivity contribution >= 4 is 0 Å². The molecule has 0 unspecified atom stereocenters. The zero-order chi connectivity index (χ0) is 16.1. The molecule has 0 amide bonds. The first kappa shape index (κ1) is 16.3. The molecule has 2 rings (SSSR count). The molecular weight excluding hydrogens is 280 g/mol. The standard InChI is InChI=1S/C18H22O4/c1-5-12(13-8-6-7-9-15(13)19)14-10-17(21-3)18(22-4)11-16(14)20-2/h5-12,16-17,19H,1H2,2-4H3/t12-,16-,17+/m1/s1. The zero-order valence-corrected chi connectivity index (χ0v) is 13.2. The monoisotopic (exact) mass is 302 g/mol. The first-order valence-electron chi connectivity index (χ1n) is 7.09. The highest BCUT2D eigenvalue weighted by Gasteiger charge is 2.30. The van der Waals surface area contributed by atoms with Crippen molar-refractivity contribution in [2.45, 2.75) is 18.1 Å². The highest BCUT2D eigenvalue weighted by Crippen LogP contribution is 2.37. The maximum Gasteiger partial charge on any atom is 0.132 e. The van der Waals surface area contributed by atoms with Gasteiger partial charge in [-0.05, 0) is 23.8 Å². The molecule has 4 nitrogen and oxygen atoms in total. The van der Waals surface area contributed by atoms with E-state index in [4.69, 9.17) is 14.2 Å². The van der Waals surface area contributed by atoms with Crippen molar-refractivity contribution in [3.63, 3.8) is 0 Å². The van der Waals surface area contributed by atoms with Crippen LogP contribution in [0.1, 0.15) is 11.5 Å². The van der Waals surface area contributed by atoms with Gasteiger partial charge in [0.1, 0.15) is 23.7 Å². The molecule has 22 heavy (non-hydrogen) atoms. The molecule has 0 radical (unpaired) electrons. The van der Waals surface area contributed by atoms with E-state index in [-0.39, 0.29) is 23.9 Å². The molecule has 3 atom stereocenters. The van der Waals surface area contributed by atoms with E-state index in [0.29, 0.717) is 5.76 Å². The maximum atomic E-state index is 10.1. The fourth-order valence-electron chi connectivity index (χ4n) is 2.74. The summed E-state index contributed by atoms with van der Waals surface area (Å²) in [6.45, 7) is 3.91. The Kier molecular flexibility index (Phi) is 5.41. The van der Waals surface area contributed by atoms with Crippen LogP contribution in [-0.2, 0) is 14.2 Å². The highest BCUT2D eigenvalue weighted by atomic mass is 16.5. The number of para-hydroxylation sites is 1. The minimum Gasteiger partial charge on any atom is -0.508 e. The number of phenols is 1. The average molecular weight is 302 g/mol. The Labute approximate surface area is 131 Å². The Morgan fingerprint density at radius 3 is 2.32 bits per heavy atom. The first-order valence-corrected chi connectivity index (χ1v) is 7.09. The third kappa shape index (κ3) is 3.08. The fourth-order valence-corrected chi connectivity index (χ4v) is 2.74. The van der Waals surface area contributed by atoms with Gasteiger partial charge in [0, 0.05) is 25.7 Å². The Morgan fingerprint density at radius 1 is 1.09 bits per heavy atom. The van der Waals surface area contributed by atoms with Gasteiger partial charge in [-0.3, -0.25) is 0 Å². The molecule has 0 spiro atoms. The summed E-state index contributed by atoms with van der Waals surface area (Å²) in [4.78, 5) is 0. The van der Waals surface area contributed by atoms with Gasteiger partial charge in [0.25, 0.3) is 0 Å². The summed E-state index contributed by atoms with van der Waals surface area (Å²) in [5.41, 5.74) is 1.75. The summed E-state index contributed by atoms with van der Waals surface area (Å²) < 4.78 is 16.4. The summed E-state index contributed by atoms with van der Waals surface area (Å²) in [7, 11) is 4.87. The van der Waals surface area contributed by atoms with Crippen LogP contribution in [0.2, 0.25) is 0 Å². The van der Waals surface area contributed by atoms with Crippen molar-refractivity contribution in [2.24, 2.45) is 0 Å². The van der Waals surface area contributed by atoms with E-state index in [0.717, 1.165) is 11.1 Å². The molecule has 0 saturated carbocycles. The van der Waals surface area contributed by atoms with Crippen LogP contribution in [0.5, 0.6) is 5.75 Å². The van der Waals surface area contributed by atoms with Crippen LogP contribution in [0.4, 0.5) is 0 Å². The number of ether oxygens (including phenoxy) is 3. The van der Waals surface area contributed by atoms with Gasteiger partial charge < -0.3 is 19.3 Å². The average Bonchev–Trinajstić information content (AvgIpc) is 2.56. The van der Waals surface area contributed by atoms with Crippen molar-refractivity contribution in [1.82, 2.24) is 0 Å². The van der Waals surface area contributed by atoms with Crippen LogP contribution >= 0.6 is 0 Å². The van der Waals surface area contributed by atoms with E-state index in [1.54, 1.807) is 39.5 Å². The van der Waals surface area contributed by atoms with Crippen LogP contribution in [0.3, 0.4) is 0 Å². The molecule has 0 fully saturated rings. The van der Waals surface area contributed by atoms with Crippen LogP contribution < -0.4 is 0 Å². The summed E-state index contributed by atoms with van der Waals surface area (Å²) in [6, 6.07) is 7.23. The zero-order valence-electron chi connectivity index (χ0n) is 13.2. The Bertz CT molecular complexity index is 589. The van der Waals surface area contributed by atoms with Crippen molar-refractivity contribution in [3.05, 3.63) is 66.0 Å². The fraction of sp³-hybridized carbons (Fsp3) is 0.333. The number of rotatable bonds is 6. The van der Waals surface area contributed by atoms with E-state index in [2.05, 4.69) is 6.58 Å². The number of hydrogen-bond acceptors (Lipinski definition) is 4. The highest BCUT2D eigenvalue weighted by molar-refractivity contribution is 5.46. The van der Waals surface area contributed by atoms with Crippen molar-refractivity contribution in [3.8, 4) is 5.75 Å². The SMILES string of the molecule is C=C[C@@H](C1=C[C@H](OC)C(OC)=C[C@H]1OC)c1ccccc1O. The number of phenolic OH excluding ortho intramolecular Hbond substituents is 1. The molecule has 1 aromatic carbocycles. The van der Waals surface area contributed by atoms with E-state index in [1.807, 2.05) is 24.3 Å². The van der Waals surface area contributed by atoms with E-state index in [9.17, 15) is 5.11 Å². The molecule has 1 aliphatic rings. The predicted molar refractivity (Wildman–Crippen MR) is 85.8 cm³/mol. The lowest BCUT2D eigenvalue weighted by atomic mass is 9.83. The first-order chi connectivity index (χ1) is 10.7. The maximum absolute atomic E-state index is 10.1. The van der Waals surface area contributed by atoms with Crippen LogP contribution in [0, 0.1) is 0 Å². The van der Waals surface area contributed by atoms with Gasteiger partial charge in [-0.2, -0.15) is 0 Å². The molecule has 0 saturated heterocycles. The van der Waals surface area contributed by atoms with Crippen LogP contribution in [0.25, 0.3) is 0 Å². The van der Waals surface area contributed by atoms with Crippen molar-refractivity contribution in [2.75, 3.05) is 21.3 Å². The van der Waals surface area contributed by atoms with Crippen molar-refractivity contribution in [1.29, 1.82) is 0 Å². The summed E-state index contributed by atoms with van der Waals surface area (Å²) in [5, 5.41) is 10.1. The molecule has 0 heterocycles. The van der Waals surface area contributed by atoms with Gasteiger partial charge >= 0.3 is 0 Å². The summed E-state index contributed by atoms with van der Waals surface area (Å²) >= 11 is 0. The number of allylic oxidation sites excluding steroid dienone is 1. The van der Waals surface area contributed by atoms with E-state index >= 15 is 0 Å². The van der Waals surface area contributed by atoms with Crippen molar-refractivity contribution < 1.29 is 19.3 Å². The second kappa shape index (κ2) is 7.29. The second-order valence-electron chi connectivity index (χ2n) is 5.02. The lowest BCUT2D eigenvalue weighted by Gasteiger charge is -2.30. The lowest BCUT2D eigenvalue weighted by molar-refractivity contribution is 0.0909. The molecule has 1 aromatic rings. The third-order valence-corrected chi connectivity index (χ3v) is 3.88. The van der Waals surface area contributed by atoms with Gasteiger partial charge in [-0.15, -0.1) is 6.58 Å². The van der Waals surface area contributed by atoms with Gasteiger partial charge in [-0.1, -0.05) is 24.3 Å². The normalized spacial score (nSPS) is 22.5. The lowest BCUT2D eigenvalue weighted by Crippen LogP contribution is -2.27. The molecule has 0 aliphatic heterocycles. The van der Waals surface area contributed by atoms with Gasteiger partial charge in [0.2, 0.25) is 0 Å². The molecule has 1 aliphatic carbocycles. The number of benzene rings is 1. The molecule has 0 aromatic heterocycles. The largest absolute Gasteiger partial charge is 0.508 e. The molecule has 0 bridgehead atoms. The number of hydrogen-bond donors (Lipinski definition) is 1. The summed E-state index contributed by atoms with van der Waals surface area (Å²) in [6.07, 6.45) is 5.11. The van der Waals surface area contributed by atoms with Crippen LogP contribution in [-0.4, -0.2) is 38.6 Å². The quantitative estimate of drug-likeness (QED) is 0.820. The smallest absolute Gasteiger partial charge is 0.132 e. The Balaban J connectivity index is 2.45. The van der Waals surface area contributed by atoms with Gasteiger partial charge in [0.15, 0.2) is 0 Å². The minimum atomic E-state index is -0.278. The minimum absolute atomic E-state index is 0.168. The third-order valence-electron chi connectivity index (χ3n) is 3.88. The van der Waals surface area contributed by atoms with Crippen LogP contribution in [0.15, 0.2) is 60.4 Å². The molecule has 1 N–H and O–H groups in total. The van der Waals surface area contributed by atoms with Gasteiger partial charge in [-0.25, -0.2) is 0 Å². The number of methoxy groups -OCH3 is 3. The Morgan fingerprint density at radius 2 is 1.77 bits per heavy atom. The predicted octanol–water partition coefficient (Wildman–Crippen LogP) is 3.16. The van der Waals surface area contributed by atoms with E-state index in [1.165, 1.54) is 0 Å². The molecule has 4 heteroatoms. The number of aromatic hydroxyl groups is 1. The molecule has 118 valence electrons.